The van der Waals surface area contributed by atoms with Gasteiger partial charge in [0.05, 0.1) is 7.11 Å². The molecule has 0 bridgehead atoms. The van der Waals surface area contributed by atoms with E-state index in [1.807, 2.05) is 30.0 Å². The lowest BCUT2D eigenvalue weighted by Crippen LogP contribution is -1.93. The van der Waals surface area contributed by atoms with Crippen LogP contribution in [0.2, 0.25) is 0 Å². The molecule has 0 radical (unpaired) electrons. The number of aryl methyl sites for hydroxylation is 2. The van der Waals surface area contributed by atoms with Gasteiger partial charge >= 0.3 is 0 Å². The molecule has 2 aromatic carbocycles. The van der Waals surface area contributed by atoms with Crippen molar-refractivity contribution in [1.29, 1.82) is 0 Å². The fourth-order valence-corrected chi connectivity index (χ4v) is 3.01. The van der Waals surface area contributed by atoms with Crippen LogP contribution in [0.3, 0.4) is 0 Å². The van der Waals surface area contributed by atoms with Gasteiger partial charge in [-0.25, -0.2) is 0 Å². The first-order chi connectivity index (χ1) is 9.10. The van der Waals surface area contributed by atoms with Gasteiger partial charge in [-0.05, 0) is 31.5 Å². The summed E-state index contributed by atoms with van der Waals surface area (Å²) >= 11 is 1.83. The number of hydrogen-bond acceptors (Lipinski definition) is 3. The van der Waals surface area contributed by atoms with Gasteiger partial charge in [0, 0.05) is 28.0 Å². The summed E-state index contributed by atoms with van der Waals surface area (Å²) in [5, 5.41) is 0. The van der Waals surface area contributed by atoms with Gasteiger partial charge < -0.3 is 10.5 Å². The van der Waals surface area contributed by atoms with E-state index in [1.54, 1.807) is 7.11 Å². The predicted octanol–water partition coefficient (Wildman–Crippen LogP) is 4.19. The van der Waals surface area contributed by atoms with E-state index in [9.17, 15) is 0 Å². The normalized spacial score (nSPS) is 10.5. The van der Waals surface area contributed by atoms with E-state index in [4.69, 9.17) is 10.5 Å². The lowest BCUT2D eigenvalue weighted by atomic mass is 10.2. The first kappa shape index (κ1) is 13.8. The molecule has 0 aliphatic carbocycles. The maximum atomic E-state index is 5.77. The van der Waals surface area contributed by atoms with Crippen LogP contribution in [0.5, 0.6) is 5.75 Å². The van der Waals surface area contributed by atoms with Crippen LogP contribution in [-0.4, -0.2) is 7.11 Å². The third kappa shape index (κ3) is 3.44. The minimum atomic E-state index is 0.734. The van der Waals surface area contributed by atoms with Crippen LogP contribution in [0.4, 0.5) is 5.69 Å². The largest absolute Gasteiger partial charge is 0.496 e. The molecule has 0 amide bonds. The van der Waals surface area contributed by atoms with Gasteiger partial charge in [-0.15, -0.1) is 11.8 Å². The van der Waals surface area contributed by atoms with Crippen LogP contribution in [-0.2, 0) is 5.75 Å². The van der Waals surface area contributed by atoms with E-state index in [0.29, 0.717) is 0 Å². The lowest BCUT2D eigenvalue weighted by Gasteiger charge is -2.10. The SMILES string of the molecule is COc1cc(N)ccc1CSc1cc(C)ccc1C. The summed E-state index contributed by atoms with van der Waals surface area (Å²) in [6, 6.07) is 12.4. The summed E-state index contributed by atoms with van der Waals surface area (Å²) in [6.07, 6.45) is 0. The zero-order valence-electron chi connectivity index (χ0n) is 11.6. The van der Waals surface area contributed by atoms with Crippen LogP contribution in [0.25, 0.3) is 0 Å². The van der Waals surface area contributed by atoms with Crippen LogP contribution in [0.1, 0.15) is 16.7 Å². The van der Waals surface area contributed by atoms with Gasteiger partial charge in [-0.1, -0.05) is 23.8 Å². The number of nitrogen functional groups attached to an aromatic ring is 1. The fourth-order valence-electron chi connectivity index (χ4n) is 1.90. The molecule has 100 valence electrons. The predicted molar refractivity (Wildman–Crippen MR) is 82.9 cm³/mol. The molecule has 19 heavy (non-hydrogen) atoms. The second-order valence-corrected chi connectivity index (χ2v) is 5.65. The zero-order valence-corrected chi connectivity index (χ0v) is 12.4. The topological polar surface area (TPSA) is 35.2 Å². The summed E-state index contributed by atoms with van der Waals surface area (Å²) in [4.78, 5) is 1.32. The van der Waals surface area contributed by atoms with Gasteiger partial charge in [0.25, 0.3) is 0 Å². The number of thioether (sulfide) groups is 1. The van der Waals surface area contributed by atoms with Crippen molar-refractivity contribution >= 4 is 17.4 Å². The highest BCUT2D eigenvalue weighted by molar-refractivity contribution is 7.98. The lowest BCUT2D eigenvalue weighted by molar-refractivity contribution is 0.411. The Morgan fingerprint density at radius 3 is 2.63 bits per heavy atom. The second kappa shape index (κ2) is 6.02. The van der Waals surface area contributed by atoms with Crippen molar-refractivity contribution in [2.75, 3.05) is 12.8 Å². The number of benzene rings is 2. The molecule has 2 rings (SSSR count). The van der Waals surface area contributed by atoms with E-state index >= 15 is 0 Å². The fraction of sp³-hybridized carbons (Fsp3) is 0.250. The maximum absolute atomic E-state index is 5.77. The number of ether oxygens (including phenoxy) is 1. The first-order valence-corrected chi connectivity index (χ1v) is 7.21. The van der Waals surface area contributed by atoms with Gasteiger partial charge in [0.2, 0.25) is 0 Å². The third-order valence-electron chi connectivity index (χ3n) is 3.04. The number of nitrogens with two attached hydrogens (primary N) is 1. The average molecular weight is 273 g/mol. The standard InChI is InChI=1S/C16H19NOS/c1-11-4-5-12(2)16(8-11)19-10-13-6-7-14(17)9-15(13)18-3/h4-9H,10,17H2,1-3H3. The Morgan fingerprint density at radius 1 is 1.11 bits per heavy atom. The smallest absolute Gasteiger partial charge is 0.124 e. The summed E-state index contributed by atoms with van der Waals surface area (Å²) in [7, 11) is 1.68. The maximum Gasteiger partial charge on any atom is 0.124 e. The quantitative estimate of drug-likeness (QED) is 0.670. The molecule has 0 saturated heterocycles. The Balaban J connectivity index is 2.16. The van der Waals surface area contributed by atoms with E-state index in [-0.39, 0.29) is 0 Å². The monoisotopic (exact) mass is 273 g/mol. The first-order valence-electron chi connectivity index (χ1n) is 6.22. The molecule has 0 aromatic heterocycles. The van der Waals surface area contributed by atoms with Crippen molar-refractivity contribution in [3.63, 3.8) is 0 Å². The molecule has 0 fully saturated rings. The Hall–Kier alpha value is -1.61. The highest BCUT2D eigenvalue weighted by atomic mass is 32.2. The minimum absolute atomic E-state index is 0.734. The van der Waals surface area contributed by atoms with Gasteiger partial charge in [-0.3, -0.25) is 0 Å². The molecule has 0 aliphatic rings. The molecule has 0 atom stereocenters. The minimum Gasteiger partial charge on any atom is -0.496 e. The van der Waals surface area contributed by atoms with Crippen LogP contribution < -0.4 is 10.5 Å². The Bertz CT molecular complexity index is 581. The van der Waals surface area contributed by atoms with E-state index in [0.717, 1.165) is 17.2 Å². The van der Waals surface area contributed by atoms with Crippen molar-refractivity contribution in [2.24, 2.45) is 0 Å². The van der Waals surface area contributed by atoms with E-state index < -0.39 is 0 Å². The molecule has 0 unspecified atom stereocenters. The Morgan fingerprint density at radius 2 is 1.89 bits per heavy atom. The molecule has 2 N–H and O–H groups in total. The summed E-state index contributed by atoms with van der Waals surface area (Å²) in [6.45, 7) is 4.26. The summed E-state index contributed by atoms with van der Waals surface area (Å²) in [5.74, 6) is 1.74. The molecule has 2 nitrogen and oxygen atoms in total. The molecule has 0 heterocycles. The van der Waals surface area contributed by atoms with Crippen LogP contribution in [0.15, 0.2) is 41.3 Å². The van der Waals surface area contributed by atoms with Gasteiger partial charge in [0.15, 0.2) is 0 Å². The summed E-state index contributed by atoms with van der Waals surface area (Å²) < 4.78 is 5.38. The highest BCUT2D eigenvalue weighted by Gasteiger charge is 2.06. The van der Waals surface area contributed by atoms with Gasteiger partial charge in [-0.2, -0.15) is 0 Å². The number of anilines is 1. The molecular formula is C16H19NOS. The average Bonchev–Trinajstić information content (AvgIpc) is 2.40. The van der Waals surface area contributed by atoms with Crippen molar-refractivity contribution < 1.29 is 4.74 Å². The number of hydrogen-bond donors (Lipinski definition) is 1. The number of rotatable bonds is 4. The molecular weight excluding hydrogens is 254 g/mol. The van der Waals surface area contributed by atoms with Crippen molar-refractivity contribution in [3.8, 4) is 5.75 Å². The molecule has 0 spiro atoms. The Kier molecular flexibility index (Phi) is 4.38. The Labute approximate surface area is 119 Å². The molecule has 0 aliphatic heterocycles. The summed E-state index contributed by atoms with van der Waals surface area (Å²) in [5.41, 5.74) is 10.3. The third-order valence-corrected chi connectivity index (χ3v) is 4.24. The number of methoxy groups -OCH3 is 1. The second-order valence-electron chi connectivity index (χ2n) is 4.63. The molecule has 3 heteroatoms. The van der Waals surface area contributed by atoms with Crippen LogP contribution in [0, 0.1) is 13.8 Å². The van der Waals surface area contributed by atoms with Gasteiger partial charge in [0.1, 0.15) is 5.75 Å². The van der Waals surface area contributed by atoms with Crippen molar-refractivity contribution in [1.82, 2.24) is 0 Å². The highest BCUT2D eigenvalue weighted by Crippen LogP contribution is 2.31. The van der Waals surface area contributed by atoms with Crippen molar-refractivity contribution in [3.05, 3.63) is 53.1 Å². The van der Waals surface area contributed by atoms with Crippen molar-refractivity contribution in [2.45, 2.75) is 24.5 Å². The zero-order chi connectivity index (χ0) is 13.8. The van der Waals surface area contributed by atoms with E-state index in [2.05, 4.69) is 32.0 Å². The molecule has 0 saturated carbocycles. The molecule has 2 aromatic rings. The van der Waals surface area contributed by atoms with Crippen LogP contribution >= 0.6 is 11.8 Å². The van der Waals surface area contributed by atoms with E-state index in [1.165, 1.54) is 21.6 Å².